The van der Waals surface area contributed by atoms with E-state index in [9.17, 15) is 4.55 Å². The van der Waals surface area contributed by atoms with Crippen LogP contribution in [0.3, 0.4) is 0 Å². The van der Waals surface area contributed by atoms with Crippen LogP contribution in [-0.2, 0) is 11.2 Å². The van der Waals surface area contributed by atoms with Gasteiger partial charge in [-0.2, -0.15) is 4.98 Å². The van der Waals surface area contributed by atoms with Crippen molar-refractivity contribution in [1.29, 1.82) is 0 Å². The summed E-state index contributed by atoms with van der Waals surface area (Å²) in [5.41, 5.74) is 2.58. The maximum absolute atomic E-state index is 11.6. The standard InChI is InChI=1S/C15H13N3O3S/c1-22(19)15-16-9-10-5-6-12(18(10)17-15)11-3-2-4-13-14(11)21-8-7-20-13/h2-6,9H,7-8H2,1H3. The molecule has 3 heterocycles. The highest BCUT2D eigenvalue weighted by Crippen LogP contribution is 2.40. The van der Waals surface area contributed by atoms with Crippen LogP contribution in [0, 0.1) is 0 Å². The first-order valence-corrected chi connectivity index (χ1v) is 8.37. The fourth-order valence-corrected chi connectivity index (χ4v) is 2.90. The number of aromatic nitrogens is 3. The van der Waals surface area contributed by atoms with Gasteiger partial charge in [-0.3, -0.25) is 0 Å². The molecule has 2 aromatic heterocycles. The second kappa shape index (κ2) is 5.19. The molecule has 7 heteroatoms. The van der Waals surface area contributed by atoms with E-state index >= 15 is 0 Å². The van der Waals surface area contributed by atoms with Crippen LogP contribution in [0.5, 0.6) is 11.5 Å². The summed E-state index contributed by atoms with van der Waals surface area (Å²) >= 11 is -1.23. The van der Waals surface area contributed by atoms with Crippen molar-refractivity contribution in [2.45, 2.75) is 5.16 Å². The van der Waals surface area contributed by atoms with Crippen LogP contribution in [-0.4, -0.2) is 38.6 Å². The molecule has 1 aliphatic rings. The first-order valence-electron chi connectivity index (χ1n) is 6.81. The number of ether oxygens (including phenoxy) is 2. The van der Waals surface area contributed by atoms with E-state index in [4.69, 9.17) is 9.47 Å². The van der Waals surface area contributed by atoms with Crippen LogP contribution < -0.4 is 9.47 Å². The molecule has 0 spiro atoms. The average Bonchev–Trinajstić information content (AvgIpc) is 2.97. The fraction of sp³-hybridized carbons (Fsp3) is 0.200. The van der Waals surface area contributed by atoms with E-state index in [0.717, 1.165) is 22.5 Å². The fourth-order valence-electron chi connectivity index (χ4n) is 2.50. The van der Waals surface area contributed by atoms with Crippen LogP contribution in [0.25, 0.3) is 16.8 Å². The SMILES string of the molecule is C[S+]([O-])c1ncc2ccc(-c3cccc4c3OCCO4)n2n1. The molecule has 112 valence electrons. The lowest BCUT2D eigenvalue weighted by atomic mass is 10.1. The number of nitrogens with zero attached hydrogens (tertiary/aromatic N) is 3. The third-order valence-corrected chi connectivity index (χ3v) is 4.18. The van der Waals surface area contributed by atoms with Gasteiger partial charge in [0.2, 0.25) is 0 Å². The highest BCUT2D eigenvalue weighted by molar-refractivity contribution is 7.90. The lowest BCUT2D eigenvalue weighted by Crippen LogP contribution is -2.16. The molecule has 0 aliphatic carbocycles. The van der Waals surface area contributed by atoms with Gasteiger partial charge < -0.3 is 14.0 Å². The van der Waals surface area contributed by atoms with Crippen molar-refractivity contribution >= 4 is 16.7 Å². The normalized spacial score (nSPS) is 15.0. The summed E-state index contributed by atoms with van der Waals surface area (Å²) in [7, 11) is 0. The molecule has 0 saturated carbocycles. The van der Waals surface area contributed by atoms with Gasteiger partial charge in [0.15, 0.2) is 11.5 Å². The molecule has 0 N–H and O–H groups in total. The predicted molar refractivity (Wildman–Crippen MR) is 81.7 cm³/mol. The van der Waals surface area contributed by atoms with E-state index < -0.39 is 11.2 Å². The predicted octanol–water partition coefficient (Wildman–Crippen LogP) is 1.90. The molecule has 1 aliphatic heterocycles. The number of fused-ring (bicyclic) bond motifs is 2. The minimum atomic E-state index is -1.23. The summed E-state index contributed by atoms with van der Waals surface area (Å²) in [6, 6.07) is 9.62. The van der Waals surface area contributed by atoms with Gasteiger partial charge in [-0.05, 0) is 24.3 Å². The zero-order valence-electron chi connectivity index (χ0n) is 11.9. The summed E-state index contributed by atoms with van der Waals surface area (Å²) in [6.45, 7) is 1.07. The molecular formula is C15H13N3O3S. The van der Waals surface area contributed by atoms with Crippen molar-refractivity contribution in [1.82, 2.24) is 14.6 Å². The summed E-state index contributed by atoms with van der Waals surface area (Å²) in [5, 5.41) is 4.67. The molecule has 0 fully saturated rings. The molecule has 3 aromatic rings. The topological polar surface area (TPSA) is 71.7 Å². The van der Waals surface area contributed by atoms with Crippen molar-refractivity contribution in [3.8, 4) is 22.8 Å². The first kappa shape index (κ1) is 13.4. The summed E-state index contributed by atoms with van der Waals surface area (Å²) in [4.78, 5) is 4.11. The Balaban J connectivity index is 1.93. The third kappa shape index (κ3) is 2.10. The number of benzene rings is 1. The Morgan fingerprint density at radius 1 is 1.18 bits per heavy atom. The van der Waals surface area contributed by atoms with Crippen LogP contribution in [0.15, 0.2) is 41.7 Å². The second-order valence-electron chi connectivity index (χ2n) is 4.88. The van der Waals surface area contributed by atoms with E-state index in [1.807, 2.05) is 30.3 Å². The Labute approximate surface area is 129 Å². The van der Waals surface area contributed by atoms with Crippen LogP contribution >= 0.6 is 0 Å². The van der Waals surface area contributed by atoms with E-state index in [-0.39, 0.29) is 0 Å². The Morgan fingerprint density at radius 2 is 2.05 bits per heavy atom. The van der Waals surface area contributed by atoms with Gasteiger partial charge in [0.05, 0.1) is 17.4 Å². The van der Waals surface area contributed by atoms with Gasteiger partial charge in [0.1, 0.15) is 19.5 Å². The Hall–Kier alpha value is -2.25. The Kier molecular flexibility index (Phi) is 3.16. The molecule has 1 unspecified atom stereocenters. The molecule has 0 bridgehead atoms. The monoisotopic (exact) mass is 315 g/mol. The number of para-hydroxylation sites is 1. The van der Waals surface area contributed by atoms with Gasteiger partial charge in [0.25, 0.3) is 0 Å². The summed E-state index contributed by atoms with van der Waals surface area (Å²) in [6.07, 6.45) is 3.23. The molecule has 4 rings (SSSR count). The minimum absolute atomic E-state index is 0.298. The largest absolute Gasteiger partial charge is 0.609 e. The molecule has 22 heavy (non-hydrogen) atoms. The zero-order chi connectivity index (χ0) is 15.1. The van der Waals surface area contributed by atoms with Gasteiger partial charge in [-0.1, -0.05) is 11.2 Å². The average molecular weight is 315 g/mol. The van der Waals surface area contributed by atoms with Gasteiger partial charge in [0, 0.05) is 16.7 Å². The third-order valence-electron chi connectivity index (χ3n) is 3.48. The van der Waals surface area contributed by atoms with Crippen molar-refractivity contribution in [2.75, 3.05) is 19.5 Å². The quantitative estimate of drug-likeness (QED) is 0.676. The number of hydrogen-bond donors (Lipinski definition) is 0. The maximum Gasteiger partial charge on any atom is 0.359 e. The molecule has 1 aromatic carbocycles. The molecule has 6 nitrogen and oxygen atoms in total. The lowest BCUT2D eigenvalue weighted by molar-refractivity contribution is 0.172. The van der Waals surface area contributed by atoms with Crippen molar-refractivity contribution < 1.29 is 14.0 Å². The first-order chi connectivity index (χ1) is 10.7. The minimum Gasteiger partial charge on any atom is -0.609 e. The van der Waals surface area contributed by atoms with E-state index in [0.29, 0.717) is 24.1 Å². The highest BCUT2D eigenvalue weighted by atomic mass is 32.2. The smallest absolute Gasteiger partial charge is 0.359 e. The van der Waals surface area contributed by atoms with Crippen LogP contribution in [0.4, 0.5) is 0 Å². The molecule has 0 saturated heterocycles. The Morgan fingerprint density at radius 3 is 2.91 bits per heavy atom. The zero-order valence-corrected chi connectivity index (χ0v) is 12.7. The lowest BCUT2D eigenvalue weighted by Gasteiger charge is -2.20. The highest BCUT2D eigenvalue weighted by Gasteiger charge is 2.20. The molecular weight excluding hydrogens is 302 g/mol. The van der Waals surface area contributed by atoms with Crippen molar-refractivity contribution in [3.63, 3.8) is 0 Å². The van der Waals surface area contributed by atoms with Gasteiger partial charge in [-0.25, -0.2) is 4.52 Å². The summed E-state index contributed by atoms with van der Waals surface area (Å²) < 4.78 is 24.7. The number of hydrogen-bond acceptors (Lipinski definition) is 5. The van der Waals surface area contributed by atoms with Crippen molar-refractivity contribution in [2.24, 2.45) is 0 Å². The van der Waals surface area contributed by atoms with E-state index in [2.05, 4.69) is 10.1 Å². The Bertz CT molecular complexity index is 847. The number of rotatable bonds is 2. The van der Waals surface area contributed by atoms with Gasteiger partial charge >= 0.3 is 5.16 Å². The van der Waals surface area contributed by atoms with E-state index in [1.54, 1.807) is 17.0 Å². The van der Waals surface area contributed by atoms with E-state index in [1.165, 1.54) is 0 Å². The molecule has 0 amide bonds. The van der Waals surface area contributed by atoms with Crippen LogP contribution in [0.2, 0.25) is 0 Å². The maximum atomic E-state index is 11.6. The second-order valence-corrected chi connectivity index (χ2v) is 6.15. The van der Waals surface area contributed by atoms with Crippen LogP contribution in [0.1, 0.15) is 0 Å². The summed E-state index contributed by atoms with van der Waals surface area (Å²) in [5.74, 6) is 1.44. The van der Waals surface area contributed by atoms with Gasteiger partial charge in [-0.15, -0.1) is 0 Å². The molecule has 0 radical (unpaired) electrons. The van der Waals surface area contributed by atoms with Crippen molar-refractivity contribution in [3.05, 3.63) is 36.5 Å². The molecule has 1 atom stereocenters.